The molecule has 1 fully saturated rings. The molecular formula is C29H36N4O5. The molecule has 0 spiro atoms. The Bertz CT molecular complexity index is 1330. The van der Waals surface area contributed by atoms with Crippen LogP contribution in [0.1, 0.15) is 56.5 Å². The second-order valence-corrected chi connectivity index (χ2v) is 10.4. The van der Waals surface area contributed by atoms with Crippen LogP contribution < -0.4 is 20.5 Å². The normalized spacial score (nSPS) is 14.3. The molecule has 1 aliphatic heterocycles. The van der Waals surface area contributed by atoms with Gasteiger partial charge < -0.3 is 30.2 Å². The highest BCUT2D eigenvalue weighted by atomic mass is 16.6. The predicted octanol–water partition coefficient (Wildman–Crippen LogP) is 5.43. The van der Waals surface area contributed by atoms with Crippen molar-refractivity contribution in [1.29, 1.82) is 0 Å². The average molecular weight is 521 g/mol. The maximum absolute atomic E-state index is 12.4. The van der Waals surface area contributed by atoms with Gasteiger partial charge >= 0.3 is 6.09 Å². The molecule has 0 bridgehead atoms. The van der Waals surface area contributed by atoms with Gasteiger partial charge in [0.2, 0.25) is 0 Å². The van der Waals surface area contributed by atoms with Crippen LogP contribution in [0.4, 0.5) is 16.2 Å². The quantitative estimate of drug-likeness (QED) is 0.427. The van der Waals surface area contributed by atoms with Gasteiger partial charge in [0.15, 0.2) is 11.5 Å². The van der Waals surface area contributed by atoms with Gasteiger partial charge in [0, 0.05) is 49.3 Å². The Morgan fingerprint density at radius 1 is 1.13 bits per heavy atom. The van der Waals surface area contributed by atoms with Crippen LogP contribution in [0.2, 0.25) is 0 Å². The van der Waals surface area contributed by atoms with Gasteiger partial charge in [0.05, 0.1) is 23.9 Å². The fourth-order valence-corrected chi connectivity index (χ4v) is 4.52. The summed E-state index contributed by atoms with van der Waals surface area (Å²) in [4.78, 5) is 31.0. The maximum atomic E-state index is 12.4. The molecule has 1 aromatic heterocycles. The number of pyridine rings is 1. The number of carbonyl (C=O) groups is 2. The highest BCUT2D eigenvalue weighted by molar-refractivity contribution is 6.08. The summed E-state index contributed by atoms with van der Waals surface area (Å²) in [6.45, 7) is 8.71. The van der Waals surface area contributed by atoms with E-state index in [0.29, 0.717) is 54.0 Å². The summed E-state index contributed by atoms with van der Waals surface area (Å²) in [5.74, 6) is 0.487. The van der Waals surface area contributed by atoms with E-state index in [2.05, 4.69) is 17.2 Å². The molecule has 38 heavy (non-hydrogen) atoms. The van der Waals surface area contributed by atoms with Crippen LogP contribution in [0, 0.1) is 0 Å². The number of carbonyl (C=O) groups excluding carboxylic acids is 2. The van der Waals surface area contributed by atoms with Crippen molar-refractivity contribution >= 4 is 34.3 Å². The fourth-order valence-electron chi connectivity index (χ4n) is 4.52. The van der Waals surface area contributed by atoms with Gasteiger partial charge in [-0.15, -0.1) is 0 Å². The topological polar surface area (TPSA) is 116 Å². The van der Waals surface area contributed by atoms with E-state index in [0.717, 1.165) is 17.7 Å². The molecule has 2 aromatic carbocycles. The molecule has 3 N–H and O–H groups in total. The van der Waals surface area contributed by atoms with E-state index >= 15 is 0 Å². The highest BCUT2D eigenvalue weighted by Gasteiger charge is 2.28. The van der Waals surface area contributed by atoms with Crippen LogP contribution in [-0.2, 0) is 11.2 Å². The number of anilines is 2. The number of benzene rings is 2. The smallest absolute Gasteiger partial charge is 0.410 e. The zero-order valence-corrected chi connectivity index (χ0v) is 22.7. The first kappa shape index (κ1) is 27.0. The lowest BCUT2D eigenvalue weighted by Gasteiger charge is -2.33. The molecule has 3 aromatic rings. The number of aryl methyl sites for hydroxylation is 1. The molecule has 2 amide bonds. The minimum atomic E-state index is -0.580. The second kappa shape index (κ2) is 11.2. The number of nitrogens with one attached hydrogen (secondary N) is 1. The Hall–Kier alpha value is -4.01. The van der Waals surface area contributed by atoms with E-state index in [1.165, 1.54) is 6.20 Å². The SMILES string of the molecule is CCc1ccccc1Nc1c(C(N)=O)cnc2cc(OC)c(OC3CCN(C(=O)OC(C)(C)C)CC3)cc12. The maximum Gasteiger partial charge on any atom is 0.410 e. The number of nitrogens with zero attached hydrogens (tertiary/aromatic N) is 2. The number of aromatic nitrogens is 1. The van der Waals surface area contributed by atoms with Crippen LogP contribution in [0.15, 0.2) is 42.6 Å². The van der Waals surface area contributed by atoms with Gasteiger partial charge in [-0.1, -0.05) is 25.1 Å². The Balaban J connectivity index is 1.64. The van der Waals surface area contributed by atoms with Crippen molar-refractivity contribution < 1.29 is 23.8 Å². The highest BCUT2D eigenvalue weighted by Crippen LogP contribution is 2.39. The summed E-state index contributed by atoms with van der Waals surface area (Å²) >= 11 is 0. The number of fused-ring (bicyclic) bond motifs is 1. The van der Waals surface area contributed by atoms with Crippen molar-refractivity contribution in [3.05, 3.63) is 53.7 Å². The molecule has 9 heteroatoms. The van der Waals surface area contributed by atoms with Gasteiger partial charge in [-0.25, -0.2) is 4.79 Å². The third-order valence-corrected chi connectivity index (χ3v) is 6.46. The summed E-state index contributed by atoms with van der Waals surface area (Å²) in [7, 11) is 1.58. The first-order valence-electron chi connectivity index (χ1n) is 12.9. The monoisotopic (exact) mass is 520 g/mol. The van der Waals surface area contributed by atoms with Gasteiger partial charge in [-0.2, -0.15) is 0 Å². The predicted molar refractivity (Wildman–Crippen MR) is 147 cm³/mol. The van der Waals surface area contributed by atoms with Crippen LogP contribution in [-0.4, -0.2) is 53.8 Å². The molecule has 202 valence electrons. The minimum Gasteiger partial charge on any atom is -0.493 e. The lowest BCUT2D eigenvalue weighted by molar-refractivity contribution is 0.0124. The van der Waals surface area contributed by atoms with Crippen LogP contribution >= 0.6 is 0 Å². The number of nitrogens with two attached hydrogens (primary N) is 1. The van der Waals surface area contributed by atoms with Crippen molar-refractivity contribution in [2.75, 3.05) is 25.5 Å². The zero-order chi connectivity index (χ0) is 27.4. The van der Waals surface area contributed by atoms with Crippen molar-refractivity contribution in [2.24, 2.45) is 5.73 Å². The van der Waals surface area contributed by atoms with Crippen molar-refractivity contribution in [1.82, 2.24) is 9.88 Å². The Kier molecular flexibility index (Phi) is 7.94. The number of methoxy groups -OCH3 is 1. The fraction of sp³-hybridized carbons (Fsp3) is 0.414. The van der Waals surface area contributed by atoms with Gasteiger partial charge in [-0.3, -0.25) is 9.78 Å². The third kappa shape index (κ3) is 6.10. The van der Waals surface area contributed by atoms with Crippen molar-refractivity contribution in [2.45, 2.75) is 58.7 Å². The Morgan fingerprint density at radius 2 is 1.84 bits per heavy atom. The van der Waals surface area contributed by atoms with Crippen LogP contribution in [0.25, 0.3) is 10.9 Å². The molecule has 0 atom stereocenters. The number of primary amides is 1. The summed E-state index contributed by atoms with van der Waals surface area (Å²) in [5, 5.41) is 4.12. The third-order valence-electron chi connectivity index (χ3n) is 6.46. The van der Waals surface area contributed by atoms with E-state index in [-0.39, 0.29) is 17.8 Å². The number of likely N-dealkylation sites (tertiary alicyclic amines) is 1. The number of para-hydroxylation sites is 1. The van der Waals surface area contributed by atoms with E-state index in [1.54, 1.807) is 18.1 Å². The minimum absolute atomic E-state index is 0.121. The summed E-state index contributed by atoms with van der Waals surface area (Å²) in [6, 6.07) is 11.6. The van der Waals surface area contributed by atoms with E-state index in [4.69, 9.17) is 19.9 Å². The summed E-state index contributed by atoms with van der Waals surface area (Å²) in [5.41, 5.74) is 8.67. The number of rotatable bonds is 7. The lowest BCUT2D eigenvalue weighted by Crippen LogP contribution is -2.44. The molecule has 0 unspecified atom stereocenters. The molecule has 4 rings (SSSR count). The largest absolute Gasteiger partial charge is 0.493 e. The molecule has 1 saturated heterocycles. The molecular weight excluding hydrogens is 484 g/mol. The molecule has 9 nitrogen and oxygen atoms in total. The number of piperidine rings is 1. The first-order chi connectivity index (χ1) is 18.1. The lowest BCUT2D eigenvalue weighted by atomic mass is 10.1. The molecule has 0 saturated carbocycles. The van der Waals surface area contributed by atoms with E-state index in [1.807, 2.05) is 51.1 Å². The second-order valence-electron chi connectivity index (χ2n) is 10.4. The number of ether oxygens (including phenoxy) is 3. The molecule has 0 radical (unpaired) electrons. The van der Waals surface area contributed by atoms with Crippen molar-refractivity contribution in [3.8, 4) is 11.5 Å². The van der Waals surface area contributed by atoms with Crippen LogP contribution in [0.3, 0.4) is 0 Å². The number of amides is 2. The molecule has 1 aliphatic rings. The Morgan fingerprint density at radius 3 is 2.47 bits per heavy atom. The average Bonchev–Trinajstić information content (AvgIpc) is 2.88. The van der Waals surface area contributed by atoms with Gasteiger partial charge in [-0.05, 0) is 44.9 Å². The summed E-state index contributed by atoms with van der Waals surface area (Å²) < 4.78 is 17.5. The number of hydrogen-bond acceptors (Lipinski definition) is 7. The van der Waals surface area contributed by atoms with Crippen molar-refractivity contribution in [3.63, 3.8) is 0 Å². The number of hydrogen-bond donors (Lipinski definition) is 2. The van der Waals surface area contributed by atoms with Gasteiger partial charge in [0.1, 0.15) is 11.7 Å². The van der Waals surface area contributed by atoms with E-state index < -0.39 is 11.5 Å². The van der Waals surface area contributed by atoms with E-state index in [9.17, 15) is 9.59 Å². The van der Waals surface area contributed by atoms with Gasteiger partial charge in [0.25, 0.3) is 5.91 Å². The zero-order valence-electron chi connectivity index (χ0n) is 22.7. The Labute approximate surface area is 223 Å². The summed E-state index contributed by atoms with van der Waals surface area (Å²) in [6.07, 6.45) is 3.16. The standard InChI is InChI=1S/C29H36N4O5/c1-6-18-9-7-8-10-22(18)32-26-20-15-25(24(36-5)16-23(20)31-17-21(26)27(30)34)37-19-11-13-33(14-12-19)28(35)38-29(2,3)4/h7-10,15-17,19H,6,11-14H2,1-5H3,(H2,30,34)(H,31,32). The van der Waals surface area contributed by atoms with Crippen LogP contribution in [0.5, 0.6) is 11.5 Å². The molecule has 2 heterocycles. The molecule has 0 aliphatic carbocycles. The first-order valence-corrected chi connectivity index (χ1v) is 12.9.